The zero-order chi connectivity index (χ0) is 22.5. The maximum atomic E-state index is 13.0. The Morgan fingerprint density at radius 2 is 1.85 bits per heavy atom. The number of piperidine rings is 1. The fraction of sp³-hybridized carbons (Fsp3) is 0.269. The molecule has 33 heavy (non-hydrogen) atoms. The molecule has 4 aromatic rings. The molecular formula is C26H25N5O2. The number of rotatable bonds is 6. The van der Waals surface area contributed by atoms with E-state index in [0.29, 0.717) is 42.7 Å². The normalized spacial score (nSPS) is 16.0. The molecule has 0 N–H and O–H groups in total. The van der Waals surface area contributed by atoms with E-state index in [1.54, 1.807) is 18.6 Å². The van der Waals surface area contributed by atoms with E-state index in [-0.39, 0.29) is 5.91 Å². The van der Waals surface area contributed by atoms with Crippen molar-refractivity contribution in [3.8, 4) is 22.6 Å². The van der Waals surface area contributed by atoms with Gasteiger partial charge in [-0.25, -0.2) is 4.98 Å². The van der Waals surface area contributed by atoms with Gasteiger partial charge < -0.3 is 9.42 Å². The van der Waals surface area contributed by atoms with Crippen molar-refractivity contribution in [1.82, 2.24) is 25.0 Å². The Bertz CT molecular complexity index is 1190. The molecule has 2 aromatic heterocycles. The van der Waals surface area contributed by atoms with Crippen LogP contribution in [0.15, 0.2) is 77.7 Å². The standard InChI is InChI=1S/C26H25N5O2/c32-25(16-19-8-10-22(11-9-19)21-6-2-1-3-7-21)31-14-4-5-20(18-31)15-24-29-26(30-33-24)23-17-27-12-13-28-23/h1-3,6-13,17,20H,4-5,14-16,18H2. The van der Waals surface area contributed by atoms with Gasteiger partial charge in [-0.15, -0.1) is 0 Å². The maximum absolute atomic E-state index is 13.0. The summed E-state index contributed by atoms with van der Waals surface area (Å²) in [4.78, 5) is 27.6. The lowest BCUT2D eigenvalue weighted by Gasteiger charge is -2.32. The summed E-state index contributed by atoms with van der Waals surface area (Å²) in [6, 6.07) is 18.5. The molecule has 1 aliphatic heterocycles. The van der Waals surface area contributed by atoms with Gasteiger partial charge in [-0.3, -0.25) is 9.78 Å². The number of carbonyl (C=O) groups excluding carboxylic acids is 1. The summed E-state index contributed by atoms with van der Waals surface area (Å²) in [5.41, 5.74) is 3.96. The van der Waals surface area contributed by atoms with E-state index in [1.165, 1.54) is 5.56 Å². The molecule has 166 valence electrons. The van der Waals surface area contributed by atoms with Crippen LogP contribution in [0.4, 0.5) is 0 Å². The molecular weight excluding hydrogens is 414 g/mol. The highest BCUT2D eigenvalue weighted by Gasteiger charge is 2.25. The van der Waals surface area contributed by atoms with Crippen LogP contribution in [0, 0.1) is 5.92 Å². The van der Waals surface area contributed by atoms with Crippen LogP contribution in [0.1, 0.15) is 24.3 Å². The van der Waals surface area contributed by atoms with Gasteiger partial charge in [0.1, 0.15) is 5.69 Å². The molecule has 0 saturated carbocycles. The molecule has 0 bridgehead atoms. The molecule has 2 aromatic carbocycles. The molecule has 1 aliphatic rings. The van der Waals surface area contributed by atoms with Crippen molar-refractivity contribution in [1.29, 1.82) is 0 Å². The molecule has 1 unspecified atom stereocenters. The molecule has 1 fully saturated rings. The highest BCUT2D eigenvalue weighted by atomic mass is 16.5. The lowest BCUT2D eigenvalue weighted by Crippen LogP contribution is -2.41. The third kappa shape index (κ3) is 5.14. The van der Waals surface area contributed by atoms with Crippen molar-refractivity contribution in [2.24, 2.45) is 5.92 Å². The minimum atomic E-state index is 0.165. The second-order valence-corrected chi connectivity index (χ2v) is 8.39. The van der Waals surface area contributed by atoms with E-state index in [2.05, 4.69) is 44.4 Å². The Kier molecular flexibility index (Phi) is 6.19. The van der Waals surface area contributed by atoms with Crippen LogP contribution in [0.2, 0.25) is 0 Å². The fourth-order valence-electron chi connectivity index (χ4n) is 4.29. The third-order valence-corrected chi connectivity index (χ3v) is 6.01. The Labute approximate surface area is 192 Å². The van der Waals surface area contributed by atoms with Gasteiger partial charge in [0.25, 0.3) is 0 Å². The number of benzene rings is 2. The van der Waals surface area contributed by atoms with E-state index in [9.17, 15) is 4.79 Å². The van der Waals surface area contributed by atoms with E-state index in [1.807, 2.05) is 35.2 Å². The highest BCUT2D eigenvalue weighted by Crippen LogP contribution is 2.23. The molecule has 1 saturated heterocycles. The fourth-order valence-corrected chi connectivity index (χ4v) is 4.29. The predicted octanol–water partition coefficient (Wildman–Crippen LogP) is 4.22. The van der Waals surface area contributed by atoms with Gasteiger partial charge in [-0.05, 0) is 35.4 Å². The minimum absolute atomic E-state index is 0.165. The van der Waals surface area contributed by atoms with Gasteiger partial charge in [0.05, 0.1) is 12.6 Å². The van der Waals surface area contributed by atoms with Crippen molar-refractivity contribution in [2.45, 2.75) is 25.7 Å². The molecule has 3 heterocycles. The minimum Gasteiger partial charge on any atom is -0.342 e. The average Bonchev–Trinajstić information content (AvgIpc) is 3.34. The third-order valence-electron chi connectivity index (χ3n) is 6.01. The van der Waals surface area contributed by atoms with Crippen LogP contribution in [-0.2, 0) is 17.6 Å². The van der Waals surface area contributed by atoms with Gasteiger partial charge >= 0.3 is 0 Å². The first-order chi connectivity index (χ1) is 16.2. The molecule has 0 aliphatic carbocycles. The summed E-state index contributed by atoms with van der Waals surface area (Å²) in [7, 11) is 0. The topological polar surface area (TPSA) is 85.0 Å². The van der Waals surface area contributed by atoms with Crippen molar-refractivity contribution in [2.75, 3.05) is 13.1 Å². The van der Waals surface area contributed by atoms with E-state index < -0.39 is 0 Å². The summed E-state index contributed by atoms with van der Waals surface area (Å²) in [6.45, 7) is 1.51. The monoisotopic (exact) mass is 439 g/mol. The number of nitrogens with zero attached hydrogens (tertiary/aromatic N) is 5. The van der Waals surface area contributed by atoms with Crippen molar-refractivity contribution < 1.29 is 9.32 Å². The summed E-state index contributed by atoms with van der Waals surface area (Å²) >= 11 is 0. The van der Waals surface area contributed by atoms with Gasteiger partial charge in [-0.1, -0.05) is 59.8 Å². The summed E-state index contributed by atoms with van der Waals surface area (Å²) in [6.07, 6.45) is 7.91. The van der Waals surface area contributed by atoms with Crippen molar-refractivity contribution >= 4 is 5.91 Å². The number of likely N-dealkylation sites (tertiary alicyclic amines) is 1. The highest BCUT2D eigenvalue weighted by molar-refractivity contribution is 5.79. The first-order valence-electron chi connectivity index (χ1n) is 11.3. The van der Waals surface area contributed by atoms with Crippen LogP contribution >= 0.6 is 0 Å². The lowest BCUT2D eigenvalue weighted by molar-refractivity contribution is -0.132. The summed E-state index contributed by atoms with van der Waals surface area (Å²) in [5.74, 6) is 1.49. The van der Waals surface area contributed by atoms with Gasteiger partial charge in [-0.2, -0.15) is 4.98 Å². The van der Waals surface area contributed by atoms with Crippen LogP contribution < -0.4 is 0 Å². The van der Waals surface area contributed by atoms with E-state index in [0.717, 1.165) is 30.5 Å². The maximum Gasteiger partial charge on any atom is 0.227 e. The number of aromatic nitrogens is 4. The second kappa shape index (κ2) is 9.73. The number of hydrogen-bond acceptors (Lipinski definition) is 6. The van der Waals surface area contributed by atoms with Gasteiger partial charge in [0.15, 0.2) is 0 Å². The van der Waals surface area contributed by atoms with Gasteiger partial charge in [0, 0.05) is 31.9 Å². The second-order valence-electron chi connectivity index (χ2n) is 8.39. The zero-order valence-corrected chi connectivity index (χ0v) is 18.3. The molecule has 0 spiro atoms. The predicted molar refractivity (Wildman–Crippen MR) is 124 cm³/mol. The van der Waals surface area contributed by atoms with Crippen LogP contribution in [0.5, 0.6) is 0 Å². The average molecular weight is 440 g/mol. The number of carbonyl (C=O) groups is 1. The van der Waals surface area contributed by atoms with Crippen LogP contribution in [-0.4, -0.2) is 44.0 Å². The Morgan fingerprint density at radius 3 is 2.64 bits per heavy atom. The smallest absolute Gasteiger partial charge is 0.227 e. The number of amides is 1. The Balaban J connectivity index is 1.18. The Hall–Kier alpha value is -3.87. The number of hydrogen-bond donors (Lipinski definition) is 0. The first kappa shape index (κ1) is 21.0. The molecule has 7 nitrogen and oxygen atoms in total. The van der Waals surface area contributed by atoms with Gasteiger partial charge in [0.2, 0.25) is 17.6 Å². The van der Waals surface area contributed by atoms with E-state index in [4.69, 9.17) is 4.52 Å². The quantitative estimate of drug-likeness (QED) is 0.447. The molecule has 1 amide bonds. The summed E-state index contributed by atoms with van der Waals surface area (Å²) in [5, 5.41) is 4.02. The van der Waals surface area contributed by atoms with Crippen molar-refractivity contribution in [3.63, 3.8) is 0 Å². The van der Waals surface area contributed by atoms with Crippen molar-refractivity contribution in [3.05, 3.63) is 84.6 Å². The van der Waals surface area contributed by atoms with E-state index >= 15 is 0 Å². The summed E-state index contributed by atoms with van der Waals surface area (Å²) < 4.78 is 5.43. The largest absolute Gasteiger partial charge is 0.342 e. The van der Waals surface area contributed by atoms with Crippen LogP contribution in [0.3, 0.4) is 0 Å². The SMILES string of the molecule is O=C(Cc1ccc(-c2ccccc2)cc1)N1CCCC(Cc2nc(-c3cnccn3)no2)C1. The lowest BCUT2D eigenvalue weighted by atomic mass is 9.94. The Morgan fingerprint density at radius 1 is 1.03 bits per heavy atom. The molecule has 7 heteroatoms. The molecule has 1 atom stereocenters. The first-order valence-corrected chi connectivity index (χ1v) is 11.3. The van der Waals surface area contributed by atoms with Crippen LogP contribution in [0.25, 0.3) is 22.6 Å². The molecule has 5 rings (SSSR count). The molecule has 0 radical (unpaired) electrons. The zero-order valence-electron chi connectivity index (χ0n) is 18.3.